The number of anilines is 1. The van der Waals surface area contributed by atoms with Crippen LogP contribution in [-0.4, -0.2) is 48.6 Å². The summed E-state index contributed by atoms with van der Waals surface area (Å²) in [5.74, 6) is -0.741. The molecule has 1 atom stereocenters. The van der Waals surface area contributed by atoms with Crippen molar-refractivity contribution in [2.24, 2.45) is 12.0 Å². The Balaban J connectivity index is 1.62. The molecule has 2 N–H and O–H groups in total. The van der Waals surface area contributed by atoms with Gasteiger partial charge in [0.2, 0.25) is 0 Å². The van der Waals surface area contributed by atoms with Gasteiger partial charge in [0.1, 0.15) is 17.7 Å². The lowest BCUT2D eigenvalue weighted by Gasteiger charge is -2.09. The van der Waals surface area contributed by atoms with Gasteiger partial charge in [-0.2, -0.15) is 5.10 Å². The molecule has 0 radical (unpaired) electrons. The van der Waals surface area contributed by atoms with Crippen molar-refractivity contribution in [2.75, 3.05) is 11.9 Å². The molecule has 10 nitrogen and oxygen atoms in total. The quantitative estimate of drug-likeness (QED) is 0.690. The van der Waals surface area contributed by atoms with Crippen LogP contribution < -0.4 is 10.0 Å². The highest BCUT2D eigenvalue weighted by atomic mass is 32.2. The maximum Gasteiger partial charge on any atom is 0.331 e. The Kier molecular flexibility index (Phi) is 5.18. The van der Waals surface area contributed by atoms with Crippen molar-refractivity contribution < 1.29 is 22.7 Å². The van der Waals surface area contributed by atoms with E-state index < -0.39 is 34.5 Å². The number of benzene rings is 1. The van der Waals surface area contributed by atoms with Crippen molar-refractivity contribution in [3.63, 3.8) is 0 Å². The Bertz CT molecular complexity index is 1070. The molecule has 0 aliphatic carbocycles. The highest BCUT2D eigenvalue weighted by Crippen LogP contribution is 2.22. The van der Waals surface area contributed by atoms with Crippen LogP contribution in [0.1, 0.15) is 18.2 Å². The van der Waals surface area contributed by atoms with E-state index in [2.05, 4.69) is 20.1 Å². The highest BCUT2D eigenvalue weighted by molar-refractivity contribution is 7.90. The van der Waals surface area contributed by atoms with Crippen LogP contribution in [0.4, 0.5) is 5.82 Å². The van der Waals surface area contributed by atoms with Gasteiger partial charge >= 0.3 is 5.97 Å². The number of sulfonamides is 1. The molecule has 2 heterocycles. The Labute approximate surface area is 161 Å². The van der Waals surface area contributed by atoms with Crippen molar-refractivity contribution in [1.82, 2.24) is 14.5 Å². The van der Waals surface area contributed by atoms with Crippen molar-refractivity contribution in [3.05, 3.63) is 41.6 Å². The van der Waals surface area contributed by atoms with E-state index in [1.54, 1.807) is 38.2 Å². The van der Waals surface area contributed by atoms with Crippen LogP contribution in [0.25, 0.3) is 0 Å². The lowest BCUT2D eigenvalue weighted by molar-refractivity contribution is -0.148. The number of amides is 1. The van der Waals surface area contributed by atoms with E-state index >= 15 is 0 Å². The largest absolute Gasteiger partial charge is 0.454 e. The van der Waals surface area contributed by atoms with Gasteiger partial charge in [0.15, 0.2) is 6.61 Å². The second-order valence-corrected chi connectivity index (χ2v) is 7.86. The fourth-order valence-corrected chi connectivity index (χ4v) is 3.88. The van der Waals surface area contributed by atoms with Gasteiger partial charge in [0, 0.05) is 18.7 Å². The number of nitrogens with zero attached hydrogens (tertiary/aromatic N) is 3. The van der Waals surface area contributed by atoms with Crippen LogP contribution >= 0.6 is 0 Å². The van der Waals surface area contributed by atoms with Gasteiger partial charge in [-0.1, -0.05) is 12.1 Å². The number of ether oxygens (including phenoxy) is 1. The molecule has 1 aromatic heterocycles. The molecule has 0 saturated heterocycles. The van der Waals surface area contributed by atoms with Gasteiger partial charge < -0.3 is 10.1 Å². The second-order valence-electron chi connectivity index (χ2n) is 6.21. The summed E-state index contributed by atoms with van der Waals surface area (Å²) in [5, 5.41) is 6.67. The Morgan fingerprint density at radius 3 is 2.75 bits per heavy atom. The summed E-state index contributed by atoms with van der Waals surface area (Å²) >= 11 is 0. The molecule has 0 spiro atoms. The van der Waals surface area contributed by atoms with Crippen LogP contribution in [-0.2, 0) is 31.4 Å². The first-order valence-corrected chi connectivity index (χ1v) is 9.83. The van der Waals surface area contributed by atoms with Crippen LogP contribution in [0, 0.1) is 6.92 Å². The van der Waals surface area contributed by atoms with Gasteiger partial charge in [-0.15, -0.1) is 0 Å². The van der Waals surface area contributed by atoms with Crippen molar-refractivity contribution in [2.45, 2.75) is 24.8 Å². The normalized spacial score (nSPS) is 16.9. The number of hydrogen-bond acceptors (Lipinski definition) is 7. The minimum atomic E-state index is -3.69. The number of nitrogens with one attached hydrogen (secondary N) is 2. The summed E-state index contributed by atoms with van der Waals surface area (Å²) in [6.45, 7) is 2.74. The third-order valence-corrected chi connectivity index (χ3v) is 5.34. The predicted molar refractivity (Wildman–Crippen MR) is 100 cm³/mol. The Hall–Kier alpha value is -3.21. The highest BCUT2D eigenvalue weighted by Gasteiger charge is 2.31. The van der Waals surface area contributed by atoms with Crippen molar-refractivity contribution in [3.8, 4) is 0 Å². The van der Waals surface area contributed by atoms with Crippen molar-refractivity contribution in [1.29, 1.82) is 0 Å². The minimum Gasteiger partial charge on any atom is -0.454 e. The molecule has 2 aromatic rings. The summed E-state index contributed by atoms with van der Waals surface area (Å²) in [6, 6.07) is 6.99. The Morgan fingerprint density at radius 1 is 1.36 bits per heavy atom. The lowest BCUT2D eigenvalue weighted by atomic mass is 10.2. The molecular weight excluding hydrogens is 386 g/mol. The van der Waals surface area contributed by atoms with Crippen LogP contribution in [0.2, 0.25) is 0 Å². The fraction of sp³-hybridized carbons (Fsp3) is 0.294. The topological polar surface area (TPSA) is 132 Å². The average Bonchev–Trinajstić information content (AvgIpc) is 3.08. The first-order valence-electron chi connectivity index (χ1n) is 8.34. The summed E-state index contributed by atoms with van der Waals surface area (Å²) in [6.07, 6.45) is 0. The summed E-state index contributed by atoms with van der Waals surface area (Å²) in [7, 11) is -2.02. The molecule has 0 fully saturated rings. The molecule has 28 heavy (non-hydrogen) atoms. The maximum absolute atomic E-state index is 12.1. The molecule has 1 aliphatic heterocycles. The molecule has 1 amide bonds. The maximum atomic E-state index is 12.1. The van der Waals surface area contributed by atoms with E-state index in [4.69, 9.17) is 4.74 Å². The van der Waals surface area contributed by atoms with E-state index in [0.29, 0.717) is 11.4 Å². The molecule has 3 rings (SSSR count). The predicted octanol–water partition coefficient (Wildman–Crippen LogP) is 0.337. The number of aliphatic imine (C=N–C) groups is 1. The smallest absolute Gasteiger partial charge is 0.331 e. The molecule has 0 bridgehead atoms. The number of aryl methyl sites for hydroxylation is 2. The van der Waals surface area contributed by atoms with E-state index in [1.807, 2.05) is 0 Å². The first kappa shape index (κ1) is 19.5. The zero-order valence-corrected chi connectivity index (χ0v) is 16.3. The summed E-state index contributed by atoms with van der Waals surface area (Å²) in [5.41, 5.74) is 1.12. The number of esters is 1. The summed E-state index contributed by atoms with van der Waals surface area (Å²) in [4.78, 5) is 28.3. The van der Waals surface area contributed by atoms with Gasteiger partial charge in [-0.3, -0.25) is 19.2 Å². The zero-order valence-electron chi connectivity index (χ0n) is 15.5. The van der Waals surface area contributed by atoms with Crippen LogP contribution in [0.15, 0.2) is 40.2 Å². The lowest BCUT2D eigenvalue weighted by Crippen LogP contribution is -2.29. The van der Waals surface area contributed by atoms with E-state index in [9.17, 15) is 18.0 Å². The van der Waals surface area contributed by atoms with Gasteiger partial charge in [-0.05, 0) is 26.0 Å². The number of rotatable bonds is 5. The zero-order chi connectivity index (χ0) is 20.5. The molecule has 1 aliphatic rings. The second kappa shape index (κ2) is 7.43. The molecule has 0 saturated carbocycles. The fourth-order valence-electron chi connectivity index (χ4n) is 2.64. The summed E-state index contributed by atoms with van der Waals surface area (Å²) < 4.78 is 32.9. The molecule has 1 aromatic carbocycles. The standard InChI is InChI=1S/C17H19N5O5S/c1-10-8-14(22(3)20-10)19-15(23)9-27-17(24)11(2)18-16-12-6-4-5-7-13(12)28(25,26)21-16/h4-8,11H,9H2,1-3H3,(H,18,21)(H,19,23)/t11-/m0/s1. The number of aromatic nitrogens is 2. The number of hydrogen-bond donors (Lipinski definition) is 2. The average molecular weight is 405 g/mol. The Morgan fingerprint density at radius 2 is 2.07 bits per heavy atom. The molecule has 0 unspecified atom stereocenters. The number of carbonyl (C=O) groups excluding carboxylic acids is 2. The van der Waals surface area contributed by atoms with Crippen LogP contribution in [0.5, 0.6) is 0 Å². The first-order chi connectivity index (χ1) is 13.2. The monoisotopic (exact) mass is 405 g/mol. The molecular formula is C17H19N5O5S. The van der Waals surface area contributed by atoms with Gasteiger partial charge in [-0.25, -0.2) is 13.2 Å². The van der Waals surface area contributed by atoms with E-state index in [-0.39, 0.29) is 10.7 Å². The van der Waals surface area contributed by atoms with E-state index in [0.717, 1.165) is 5.69 Å². The SMILES string of the molecule is Cc1cc(NC(=O)COC(=O)[C@H](C)N=C2NS(=O)(=O)c3ccccc32)n(C)n1. The van der Waals surface area contributed by atoms with Gasteiger partial charge in [0.25, 0.3) is 15.9 Å². The minimum absolute atomic E-state index is 0.0647. The third-order valence-electron chi connectivity index (χ3n) is 3.94. The van der Waals surface area contributed by atoms with Crippen molar-refractivity contribution >= 4 is 33.6 Å². The number of carbonyl (C=O) groups is 2. The molecule has 11 heteroatoms. The van der Waals surface area contributed by atoms with E-state index in [1.165, 1.54) is 17.7 Å². The van der Waals surface area contributed by atoms with Crippen LogP contribution in [0.3, 0.4) is 0 Å². The number of amidine groups is 1. The third kappa shape index (κ3) is 4.03. The number of fused-ring (bicyclic) bond motifs is 1. The van der Waals surface area contributed by atoms with Gasteiger partial charge in [0.05, 0.1) is 10.6 Å². The molecule has 148 valence electrons.